The lowest BCUT2D eigenvalue weighted by Crippen LogP contribution is -2.13. The summed E-state index contributed by atoms with van der Waals surface area (Å²) in [6.45, 7) is 1.44. The first kappa shape index (κ1) is 18.4. The normalized spacial score (nSPS) is 10.7. The number of para-hydroxylation sites is 2. The molecule has 0 spiro atoms. The average Bonchev–Trinajstić information content (AvgIpc) is 2.73. The molecule has 144 valence electrons. The highest BCUT2D eigenvalue weighted by molar-refractivity contribution is 5.98. The number of nitrogens with zero attached hydrogens (tertiary/aromatic N) is 2. The lowest BCUT2D eigenvalue weighted by Gasteiger charge is -2.18. The molecule has 0 aliphatic heterocycles. The van der Waals surface area contributed by atoms with Crippen molar-refractivity contribution in [1.29, 1.82) is 0 Å². The summed E-state index contributed by atoms with van der Waals surface area (Å²) in [6.07, 6.45) is 1.57. The number of carbonyl (C=O) groups excluding carboxylic acids is 1. The summed E-state index contributed by atoms with van der Waals surface area (Å²) in [5, 5.41) is 3.23. The Morgan fingerprint density at radius 3 is 2.52 bits per heavy atom. The number of rotatable bonds is 4. The number of anilines is 3. The smallest absolute Gasteiger partial charge is 0.221 e. The number of hydrogen-bond donors (Lipinski definition) is 1. The van der Waals surface area contributed by atoms with Crippen LogP contribution >= 0.6 is 0 Å². The Morgan fingerprint density at radius 2 is 1.76 bits per heavy atom. The Bertz CT molecular complexity index is 1250. The van der Waals surface area contributed by atoms with Gasteiger partial charge in [-0.05, 0) is 24.3 Å². The molecule has 6 heteroatoms. The standard InChI is InChI=1S/C23H19N3O3/c1-15(27)25-19-11-7-6-10-17(19)22-23-18(12-13-24-22)20(28)14-21(29-23)26(2)16-8-4-3-5-9-16/h3-14H,1-2H3,(H,25,27). The fourth-order valence-corrected chi connectivity index (χ4v) is 3.19. The zero-order valence-corrected chi connectivity index (χ0v) is 16.0. The van der Waals surface area contributed by atoms with E-state index in [1.807, 2.05) is 55.6 Å². The van der Waals surface area contributed by atoms with Crippen LogP contribution < -0.4 is 15.6 Å². The predicted octanol–water partition coefficient (Wildman–Crippen LogP) is 4.58. The molecule has 0 bridgehead atoms. The largest absolute Gasteiger partial charge is 0.438 e. The SMILES string of the molecule is CC(=O)Nc1ccccc1-c1nccc2c(=O)cc(N(C)c3ccccc3)oc12. The molecular formula is C23H19N3O3. The topological polar surface area (TPSA) is 75.4 Å². The van der Waals surface area contributed by atoms with Gasteiger partial charge in [0.2, 0.25) is 11.8 Å². The minimum absolute atomic E-state index is 0.162. The van der Waals surface area contributed by atoms with E-state index in [0.717, 1.165) is 5.69 Å². The van der Waals surface area contributed by atoms with E-state index in [1.54, 1.807) is 23.2 Å². The molecule has 0 radical (unpaired) electrons. The summed E-state index contributed by atoms with van der Waals surface area (Å²) in [7, 11) is 1.83. The highest BCUT2D eigenvalue weighted by Gasteiger charge is 2.17. The van der Waals surface area contributed by atoms with E-state index in [1.165, 1.54) is 13.0 Å². The summed E-state index contributed by atoms with van der Waals surface area (Å²) in [6, 6.07) is 20.0. The Balaban J connectivity index is 1.92. The van der Waals surface area contributed by atoms with Crippen LogP contribution in [0, 0.1) is 0 Å². The fourth-order valence-electron chi connectivity index (χ4n) is 3.19. The first-order valence-electron chi connectivity index (χ1n) is 9.13. The Labute approximate surface area is 167 Å². The van der Waals surface area contributed by atoms with Crippen molar-refractivity contribution in [2.45, 2.75) is 6.92 Å². The van der Waals surface area contributed by atoms with E-state index in [-0.39, 0.29) is 11.3 Å². The number of nitrogens with one attached hydrogen (secondary N) is 1. The maximum atomic E-state index is 12.8. The number of fused-ring (bicyclic) bond motifs is 1. The van der Waals surface area contributed by atoms with Gasteiger partial charge in [0, 0.05) is 37.5 Å². The molecule has 4 aromatic rings. The van der Waals surface area contributed by atoms with E-state index in [2.05, 4.69) is 10.3 Å². The molecule has 4 rings (SSSR count). The van der Waals surface area contributed by atoms with Gasteiger partial charge in [0.15, 0.2) is 11.0 Å². The number of benzene rings is 2. The van der Waals surface area contributed by atoms with Gasteiger partial charge in [0.1, 0.15) is 5.69 Å². The van der Waals surface area contributed by atoms with Gasteiger partial charge in [-0.25, -0.2) is 0 Å². The van der Waals surface area contributed by atoms with Crippen molar-refractivity contribution >= 4 is 34.1 Å². The van der Waals surface area contributed by atoms with Gasteiger partial charge in [0.25, 0.3) is 0 Å². The first-order chi connectivity index (χ1) is 14.0. The number of aromatic nitrogens is 1. The third kappa shape index (κ3) is 3.60. The molecule has 0 unspecified atom stereocenters. The second kappa shape index (κ2) is 7.59. The molecule has 2 heterocycles. The summed E-state index contributed by atoms with van der Waals surface area (Å²) < 4.78 is 6.16. The maximum absolute atomic E-state index is 12.8. The molecule has 0 atom stereocenters. The highest BCUT2D eigenvalue weighted by Crippen LogP contribution is 2.33. The van der Waals surface area contributed by atoms with E-state index >= 15 is 0 Å². The number of hydrogen-bond acceptors (Lipinski definition) is 5. The highest BCUT2D eigenvalue weighted by atomic mass is 16.4. The van der Waals surface area contributed by atoms with E-state index in [9.17, 15) is 9.59 Å². The van der Waals surface area contributed by atoms with Crippen LogP contribution in [0.4, 0.5) is 17.3 Å². The van der Waals surface area contributed by atoms with Gasteiger partial charge < -0.3 is 14.6 Å². The minimum atomic E-state index is -0.191. The zero-order chi connectivity index (χ0) is 20.4. The lowest BCUT2D eigenvalue weighted by atomic mass is 10.1. The maximum Gasteiger partial charge on any atom is 0.221 e. The monoisotopic (exact) mass is 385 g/mol. The Hall–Kier alpha value is -3.93. The van der Waals surface area contributed by atoms with Crippen LogP contribution in [0.25, 0.3) is 22.2 Å². The third-order valence-electron chi connectivity index (χ3n) is 4.60. The van der Waals surface area contributed by atoms with Crippen LogP contribution in [0.5, 0.6) is 0 Å². The molecule has 2 aromatic heterocycles. The van der Waals surface area contributed by atoms with Gasteiger partial charge in [-0.3, -0.25) is 14.6 Å². The fraction of sp³-hybridized carbons (Fsp3) is 0.0870. The molecule has 0 aliphatic rings. The van der Waals surface area contributed by atoms with Crippen LogP contribution in [-0.4, -0.2) is 17.9 Å². The lowest BCUT2D eigenvalue weighted by molar-refractivity contribution is -0.114. The molecule has 0 fully saturated rings. The van der Waals surface area contributed by atoms with Crippen LogP contribution in [0.1, 0.15) is 6.92 Å². The average molecular weight is 385 g/mol. The summed E-state index contributed by atoms with van der Waals surface area (Å²) >= 11 is 0. The second-order valence-electron chi connectivity index (χ2n) is 6.61. The molecule has 6 nitrogen and oxygen atoms in total. The summed E-state index contributed by atoms with van der Waals surface area (Å²) in [4.78, 5) is 30.7. The summed E-state index contributed by atoms with van der Waals surface area (Å²) in [5.74, 6) is 0.212. The van der Waals surface area contributed by atoms with Crippen LogP contribution in [0.3, 0.4) is 0 Å². The van der Waals surface area contributed by atoms with E-state index < -0.39 is 0 Å². The Kier molecular flexibility index (Phi) is 4.83. The minimum Gasteiger partial charge on any atom is -0.438 e. The molecule has 29 heavy (non-hydrogen) atoms. The third-order valence-corrected chi connectivity index (χ3v) is 4.60. The van der Waals surface area contributed by atoms with Crippen molar-refractivity contribution in [3.63, 3.8) is 0 Å². The van der Waals surface area contributed by atoms with Crippen molar-refractivity contribution in [3.8, 4) is 11.3 Å². The van der Waals surface area contributed by atoms with Gasteiger partial charge in [0.05, 0.1) is 11.1 Å². The molecular weight excluding hydrogens is 366 g/mol. The van der Waals surface area contributed by atoms with E-state index in [0.29, 0.717) is 33.8 Å². The molecule has 2 aromatic carbocycles. The van der Waals surface area contributed by atoms with Crippen molar-refractivity contribution in [1.82, 2.24) is 4.98 Å². The Morgan fingerprint density at radius 1 is 1.03 bits per heavy atom. The van der Waals surface area contributed by atoms with Crippen molar-refractivity contribution in [3.05, 3.63) is 83.2 Å². The van der Waals surface area contributed by atoms with Gasteiger partial charge >= 0.3 is 0 Å². The van der Waals surface area contributed by atoms with Gasteiger partial charge in [-0.2, -0.15) is 0 Å². The van der Waals surface area contributed by atoms with Crippen LogP contribution in [0.15, 0.2) is 82.1 Å². The number of carbonyl (C=O) groups is 1. The quantitative estimate of drug-likeness (QED) is 0.556. The van der Waals surface area contributed by atoms with Gasteiger partial charge in [-0.15, -0.1) is 0 Å². The van der Waals surface area contributed by atoms with E-state index in [4.69, 9.17) is 4.42 Å². The van der Waals surface area contributed by atoms with Gasteiger partial charge in [-0.1, -0.05) is 36.4 Å². The summed E-state index contributed by atoms with van der Waals surface area (Å²) in [5.41, 5.74) is 2.87. The first-order valence-corrected chi connectivity index (χ1v) is 9.13. The van der Waals surface area contributed by atoms with Crippen molar-refractivity contribution < 1.29 is 9.21 Å². The molecule has 0 aliphatic carbocycles. The van der Waals surface area contributed by atoms with Crippen molar-refractivity contribution in [2.75, 3.05) is 17.3 Å². The molecule has 0 saturated carbocycles. The molecule has 1 amide bonds. The second-order valence-corrected chi connectivity index (χ2v) is 6.61. The van der Waals surface area contributed by atoms with Crippen LogP contribution in [0.2, 0.25) is 0 Å². The number of pyridine rings is 1. The molecule has 0 saturated heterocycles. The zero-order valence-electron chi connectivity index (χ0n) is 16.0. The predicted molar refractivity (Wildman–Crippen MR) is 115 cm³/mol. The molecule has 1 N–H and O–H groups in total. The van der Waals surface area contributed by atoms with Crippen molar-refractivity contribution in [2.24, 2.45) is 0 Å². The number of amides is 1. The van der Waals surface area contributed by atoms with Crippen LogP contribution in [-0.2, 0) is 4.79 Å².